The lowest BCUT2D eigenvalue weighted by Crippen LogP contribution is -2.23. The topological polar surface area (TPSA) is 82.4 Å². The zero-order valence-electron chi connectivity index (χ0n) is 19.0. The van der Waals surface area contributed by atoms with Gasteiger partial charge < -0.3 is 9.64 Å². The SMILES string of the molecule is CN1CCC(Oc2cc(NS(=O)(=O)c3cc(Cl)c(-c4cccc(CC#N)c4)s3)ccc2C(F)(F)F)C1. The lowest BCUT2D eigenvalue weighted by molar-refractivity contribution is -0.139. The number of nitrogens with one attached hydrogen (secondary N) is 1. The number of hydrogen-bond acceptors (Lipinski definition) is 6. The van der Waals surface area contributed by atoms with Crippen molar-refractivity contribution in [3.8, 4) is 22.3 Å². The van der Waals surface area contributed by atoms with Crippen molar-refractivity contribution < 1.29 is 26.3 Å². The number of alkyl halides is 3. The maximum absolute atomic E-state index is 13.6. The largest absolute Gasteiger partial charge is 0.488 e. The van der Waals surface area contributed by atoms with Crippen LogP contribution in [-0.4, -0.2) is 39.6 Å². The van der Waals surface area contributed by atoms with Gasteiger partial charge in [-0.2, -0.15) is 18.4 Å². The summed E-state index contributed by atoms with van der Waals surface area (Å²) in [6.07, 6.45) is -4.33. The number of likely N-dealkylation sites (N-methyl/N-ethyl adjacent to an activating group) is 1. The number of halogens is 4. The van der Waals surface area contributed by atoms with Crippen molar-refractivity contribution >= 4 is 38.6 Å². The Morgan fingerprint density at radius 1 is 1.25 bits per heavy atom. The molecule has 1 unspecified atom stereocenters. The van der Waals surface area contributed by atoms with Gasteiger partial charge in [-0.1, -0.05) is 29.8 Å². The van der Waals surface area contributed by atoms with Crippen molar-refractivity contribution in [1.29, 1.82) is 5.26 Å². The molecular weight excluding hydrogens is 535 g/mol. The summed E-state index contributed by atoms with van der Waals surface area (Å²) in [4.78, 5) is 2.44. The molecule has 190 valence electrons. The summed E-state index contributed by atoms with van der Waals surface area (Å²) in [6, 6.07) is 13.3. The van der Waals surface area contributed by atoms with Gasteiger partial charge >= 0.3 is 6.18 Å². The third-order valence-corrected chi connectivity index (χ3v) is 9.03. The van der Waals surface area contributed by atoms with E-state index >= 15 is 0 Å². The quantitative estimate of drug-likeness (QED) is 0.384. The van der Waals surface area contributed by atoms with Gasteiger partial charge in [-0.05, 0) is 48.9 Å². The molecule has 2 aromatic carbocycles. The van der Waals surface area contributed by atoms with Gasteiger partial charge in [0, 0.05) is 19.2 Å². The highest BCUT2D eigenvalue weighted by Gasteiger charge is 2.36. The molecule has 1 saturated heterocycles. The molecule has 1 N–H and O–H groups in total. The number of sulfonamides is 1. The third-order valence-electron chi connectivity index (χ3n) is 5.58. The minimum atomic E-state index is -4.66. The highest BCUT2D eigenvalue weighted by Crippen LogP contribution is 2.41. The minimum absolute atomic E-state index is 0.0635. The van der Waals surface area contributed by atoms with E-state index in [9.17, 15) is 21.6 Å². The van der Waals surface area contributed by atoms with Crippen LogP contribution in [0.2, 0.25) is 5.02 Å². The summed E-state index contributed by atoms with van der Waals surface area (Å²) in [6.45, 7) is 1.17. The van der Waals surface area contributed by atoms with Crippen LogP contribution in [0.25, 0.3) is 10.4 Å². The Bertz CT molecular complexity index is 1420. The first kappa shape index (κ1) is 26.3. The Labute approximate surface area is 215 Å². The Kier molecular flexibility index (Phi) is 7.52. The zero-order valence-corrected chi connectivity index (χ0v) is 21.4. The predicted molar refractivity (Wildman–Crippen MR) is 133 cm³/mol. The summed E-state index contributed by atoms with van der Waals surface area (Å²) in [5.74, 6) is -0.429. The standard InChI is InChI=1S/C24H21ClF3N3O3S2/c1-31-10-8-18(14-31)34-21-12-17(5-6-19(21)24(26,27)28)30-36(32,33)22-13-20(25)23(35-22)16-4-2-3-15(11-16)7-9-29/h2-6,11-13,18,30H,7-8,10,14H2,1H3. The van der Waals surface area contributed by atoms with Crippen LogP contribution in [0.5, 0.6) is 5.75 Å². The fourth-order valence-electron chi connectivity index (χ4n) is 3.88. The van der Waals surface area contributed by atoms with Crippen molar-refractivity contribution in [2.45, 2.75) is 29.3 Å². The minimum Gasteiger partial charge on any atom is -0.488 e. The lowest BCUT2D eigenvalue weighted by atomic mass is 10.1. The van der Waals surface area contributed by atoms with Crippen molar-refractivity contribution in [1.82, 2.24) is 4.90 Å². The molecule has 1 fully saturated rings. The van der Waals surface area contributed by atoms with Gasteiger partial charge in [0.2, 0.25) is 0 Å². The number of ether oxygens (including phenoxy) is 1. The second kappa shape index (κ2) is 10.3. The molecule has 0 radical (unpaired) electrons. The number of benzene rings is 2. The van der Waals surface area contributed by atoms with E-state index < -0.39 is 33.6 Å². The number of anilines is 1. The molecule has 36 heavy (non-hydrogen) atoms. The van der Waals surface area contributed by atoms with Crippen LogP contribution in [0.1, 0.15) is 17.5 Å². The van der Waals surface area contributed by atoms with Crippen LogP contribution in [0.3, 0.4) is 0 Å². The highest BCUT2D eigenvalue weighted by molar-refractivity contribution is 7.94. The third kappa shape index (κ3) is 5.95. The van der Waals surface area contributed by atoms with Crippen LogP contribution < -0.4 is 9.46 Å². The number of hydrogen-bond donors (Lipinski definition) is 1. The number of nitrogens with zero attached hydrogens (tertiary/aromatic N) is 2. The van der Waals surface area contributed by atoms with Gasteiger partial charge in [-0.3, -0.25) is 4.72 Å². The first-order chi connectivity index (χ1) is 17.0. The van der Waals surface area contributed by atoms with Crippen molar-refractivity contribution in [2.75, 3.05) is 24.9 Å². The highest BCUT2D eigenvalue weighted by atomic mass is 35.5. The number of likely N-dealkylation sites (tertiary alicyclic amines) is 1. The molecule has 1 aliphatic rings. The fourth-order valence-corrected chi connectivity index (χ4v) is 6.75. The molecular formula is C24H21ClF3N3O3S2. The fraction of sp³-hybridized carbons (Fsp3) is 0.292. The van der Waals surface area contributed by atoms with E-state index in [2.05, 4.69) is 10.8 Å². The molecule has 0 aliphatic carbocycles. The summed E-state index contributed by atoms with van der Waals surface area (Å²) in [5.41, 5.74) is 0.379. The molecule has 3 aromatic rings. The molecule has 1 aliphatic heterocycles. The van der Waals surface area contributed by atoms with Crippen molar-refractivity contribution in [2.24, 2.45) is 0 Å². The molecule has 4 rings (SSSR count). The number of thiophene rings is 1. The summed E-state index contributed by atoms with van der Waals surface area (Å²) in [7, 11) is -2.31. The average Bonchev–Trinajstić information content (AvgIpc) is 3.39. The Morgan fingerprint density at radius 3 is 2.69 bits per heavy atom. The molecule has 2 heterocycles. The van der Waals surface area contributed by atoms with Gasteiger partial charge in [0.25, 0.3) is 10.0 Å². The van der Waals surface area contributed by atoms with Gasteiger partial charge in [-0.25, -0.2) is 8.42 Å². The van der Waals surface area contributed by atoms with Gasteiger partial charge in [0.1, 0.15) is 16.1 Å². The van der Waals surface area contributed by atoms with Crippen molar-refractivity contribution in [3.05, 3.63) is 64.7 Å². The smallest absolute Gasteiger partial charge is 0.419 e. The van der Waals surface area contributed by atoms with E-state index in [4.69, 9.17) is 21.6 Å². The van der Waals surface area contributed by atoms with E-state index in [0.29, 0.717) is 30.0 Å². The molecule has 1 aromatic heterocycles. The molecule has 12 heteroatoms. The van der Waals surface area contributed by atoms with E-state index in [0.717, 1.165) is 35.1 Å². The van der Waals surface area contributed by atoms with E-state index in [1.54, 1.807) is 24.3 Å². The first-order valence-electron chi connectivity index (χ1n) is 10.8. The molecule has 6 nitrogen and oxygen atoms in total. The first-order valence-corrected chi connectivity index (χ1v) is 13.5. The molecule has 0 saturated carbocycles. The van der Waals surface area contributed by atoms with Crippen LogP contribution in [0.4, 0.5) is 18.9 Å². The maximum Gasteiger partial charge on any atom is 0.419 e. The molecule has 0 amide bonds. The second-order valence-electron chi connectivity index (χ2n) is 8.38. The molecule has 0 bridgehead atoms. The predicted octanol–water partition coefficient (Wildman–Crippen LogP) is 6.04. The molecule has 0 spiro atoms. The average molecular weight is 556 g/mol. The Morgan fingerprint density at radius 2 is 2.03 bits per heavy atom. The Hall–Kier alpha value is -2.78. The van der Waals surface area contributed by atoms with Gasteiger partial charge in [-0.15, -0.1) is 11.3 Å². The molecule has 1 atom stereocenters. The Balaban J connectivity index is 1.62. The van der Waals surface area contributed by atoms with E-state index in [-0.39, 0.29) is 21.3 Å². The van der Waals surface area contributed by atoms with E-state index in [1.165, 1.54) is 6.07 Å². The van der Waals surface area contributed by atoms with E-state index in [1.807, 2.05) is 11.9 Å². The van der Waals surface area contributed by atoms with Crippen LogP contribution >= 0.6 is 22.9 Å². The number of rotatable bonds is 7. The monoisotopic (exact) mass is 555 g/mol. The number of nitriles is 1. The van der Waals surface area contributed by atoms with Gasteiger partial charge in [0.15, 0.2) is 0 Å². The summed E-state index contributed by atoms with van der Waals surface area (Å²) >= 11 is 7.25. The normalized spacial score (nSPS) is 16.6. The summed E-state index contributed by atoms with van der Waals surface area (Å²) in [5, 5.41) is 9.13. The van der Waals surface area contributed by atoms with Crippen molar-refractivity contribution in [3.63, 3.8) is 0 Å². The van der Waals surface area contributed by atoms with Crippen LogP contribution in [-0.2, 0) is 22.6 Å². The van der Waals surface area contributed by atoms with Crippen LogP contribution in [0, 0.1) is 11.3 Å². The van der Waals surface area contributed by atoms with Gasteiger partial charge in [0.05, 0.1) is 33.6 Å². The zero-order chi connectivity index (χ0) is 26.1. The second-order valence-corrected chi connectivity index (χ2v) is 11.8. The summed E-state index contributed by atoms with van der Waals surface area (Å²) < 4.78 is 74.7. The lowest BCUT2D eigenvalue weighted by Gasteiger charge is -2.19. The van der Waals surface area contributed by atoms with Crippen LogP contribution in [0.15, 0.2) is 52.7 Å². The maximum atomic E-state index is 13.6.